The Morgan fingerprint density at radius 3 is 2.58 bits per heavy atom. The number of benzene rings is 1. The van der Waals surface area contributed by atoms with Crippen LogP contribution >= 0.6 is 0 Å². The van der Waals surface area contributed by atoms with Crippen molar-refractivity contribution in [3.63, 3.8) is 0 Å². The van der Waals surface area contributed by atoms with Gasteiger partial charge in [0.1, 0.15) is 5.75 Å². The first-order valence-electron chi connectivity index (χ1n) is 7.58. The maximum atomic E-state index is 13.3. The number of amidine groups is 1. The van der Waals surface area contributed by atoms with Gasteiger partial charge in [0, 0.05) is 36.3 Å². The number of hydrogen-bond donors (Lipinski definition) is 2. The lowest BCUT2D eigenvalue weighted by Gasteiger charge is -2.08. The van der Waals surface area contributed by atoms with Gasteiger partial charge in [-0.15, -0.1) is 0 Å². The highest BCUT2D eigenvalue weighted by Crippen LogP contribution is 2.22. The van der Waals surface area contributed by atoms with E-state index in [-0.39, 0.29) is 17.5 Å². The number of nitrogens with one attached hydrogen (secondary N) is 1. The average Bonchev–Trinajstić information content (AvgIpc) is 2.66. The molecular weight excluding hydrogens is 342 g/mol. The van der Waals surface area contributed by atoms with Gasteiger partial charge in [-0.1, -0.05) is 0 Å². The summed E-state index contributed by atoms with van der Waals surface area (Å²) in [7, 11) is 0. The van der Waals surface area contributed by atoms with E-state index >= 15 is 0 Å². The Morgan fingerprint density at radius 1 is 1.04 bits per heavy atom. The molecule has 0 unspecified atom stereocenters. The van der Waals surface area contributed by atoms with Crippen molar-refractivity contribution in [1.82, 2.24) is 15.4 Å². The summed E-state index contributed by atoms with van der Waals surface area (Å²) in [5, 5.41) is 9.36. The normalized spacial score (nSPS) is 11.3. The van der Waals surface area contributed by atoms with Crippen LogP contribution in [0.3, 0.4) is 0 Å². The number of ether oxygens (including phenoxy) is 1. The molecule has 0 saturated heterocycles. The molecule has 3 aromatic rings. The highest BCUT2D eigenvalue weighted by Gasteiger charge is 2.08. The molecule has 3 rings (SSSR count). The Kier molecular flexibility index (Phi) is 5.45. The fourth-order valence-corrected chi connectivity index (χ4v) is 2.12. The molecule has 6 nitrogen and oxygen atoms in total. The number of pyridine rings is 2. The van der Waals surface area contributed by atoms with Crippen LogP contribution in [0.4, 0.5) is 8.78 Å². The second-order valence-corrected chi connectivity index (χ2v) is 5.19. The van der Waals surface area contributed by atoms with Gasteiger partial charge in [0.25, 0.3) is 0 Å². The molecule has 2 N–H and O–H groups in total. The molecule has 0 amide bonds. The van der Waals surface area contributed by atoms with Gasteiger partial charge < -0.3 is 4.74 Å². The highest BCUT2D eigenvalue weighted by atomic mass is 19.2. The fourth-order valence-electron chi connectivity index (χ4n) is 2.12. The van der Waals surface area contributed by atoms with Gasteiger partial charge >= 0.3 is 0 Å². The maximum Gasteiger partial charge on any atom is 0.219 e. The van der Waals surface area contributed by atoms with E-state index < -0.39 is 11.6 Å². The minimum Gasteiger partial charge on any atom is -0.439 e. The molecule has 0 bridgehead atoms. The smallest absolute Gasteiger partial charge is 0.219 e. The quantitative estimate of drug-likeness (QED) is 0.416. The predicted molar refractivity (Wildman–Crippen MR) is 90.1 cm³/mol. The molecule has 0 radical (unpaired) electrons. The summed E-state index contributed by atoms with van der Waals surface area (Å²) < 4.78 is 31.7. The van der Waals surface area contributed by atoms with Gasteiger partial charge in [0.2, 0.25) is 5.88 Å². The van der Waals surface area contributed by atoms with E-state index in [0.29, 0.717) is 12.1 Å². The third-order valence-corrected chi connectivity index (χ3v) is 3.40. The maximum absolute atomic E-state index is 13.3. The van der Waals surface area contributed by atoms with Gasteiger partial charge in [-0.05, 0) is 35.9 Å². The van der Waals surface area contributed by atoms with Gasteiger partial charge in [-0.2, -0.15) is 0 Å². The van der Waals surface area contributed by atoms with Crippen LogP contribution in [0.25, 0.3) is 0 Å². The summed E-state index contributed by atoms with van der Waals surface area (Å²) >= 11 is 0. The molecule has 0 aliphatic heterocycles. The monoisotopic (exact) mass is 356 g/mol. The van der Waals surface area contributed by atoms with E-state index in [1.165, 1.54) is 18.3 Å². The highest BCUT2D eigenvalue weighted by molar-refractivity contribution is 5.98. The average molecular weight is 356 g/mol. The first-order chi connectivity index (χ1) is 12.7. The summed E-state index contributed by atoms with van der Waals surface area (Å²) in [5.74, 6) is -1.54. The zero-order chi connectivity index (χ0) is 18.4. The number of aliphatic imine (C=N–C) groups is 1. The van der Waals surface area contributed by atoms with E-state index in [1.54, 1.807) is 18.5 Å². The van der Waals surface area contributed by atoms with Crippen LogP contribution in [0.15, 0.2) is 66.0 Å². The number of nitrogens with zero attached hydrogens (tertiary/aromatic N) is 3. The SMILES string of the molecule is ONC(=NCc1ccncc1)c1ccnc(Oc2ccc(F)c(F)c2)c1. The first kappa shape index (κ1) is 17.4. The Balaban J connectivity index is 1.79. The van der Waals surface area contributed by atoms with Crippen molar-refractivity contribution in [2.24, 2.45) is 4.99 Å². The number of hydrogen-bond acceptors (Lipinski definition) is 5. The summed E-state index contributed by atoms with van der Waals surface area (Å²) in [4.78, 5) is 12.2. The van der Waals surface area contributed by atoms with Crippen LogP contribution in [0.5, 0.6) is 11.6 Å². The third-order valence-electron chi connectivity index (χ3n) is 3.40. The zero-order valence-corrected chi connectivity index (χ0v) is 13.4. The lowest BCUT2D eigenvalue weighted by molar-refractivity contribution is 0.234. The molecule has 0 atom stereocenters. The minimum absolute atomic E-state index is 0.0979. The Labute approximate surface area is 147 Å². The number of hydroxylamine groups is 1. The van der Waals surface area contributed by atoms with Crippen molar-refractivity contribution in [2.45, 2.75) is 6.54 Å². The summed E-state index contributed by atoms with van der Waals surface area (Å²) in [6, 6.07) is 9.92. The molecule has 132 valence electrons. The van der Waals surface area contributed by atoms with E-state index in [1.807, 2.05) is 17.6 Å². The van der Waals surface area contributed by atoms with Crippen LogP contribution in [-0.2, 0) is 6.54 Å². The van der Waals surface area contributed by atoms with Crippen LogP contribution < -0.4 is 10.2 Å². The summed E-state index contributed by atoms with van der Waals surface area (Å²) in [5.41, 5.74) is 3.46. The number of halogens is 2. The Hall–Kier alpha value is -3.39. The second kappa shape index (κ2) is 8.13. The van der Waals surface area contributed by atoms with Crippen molar-refractivity contribution in [3.8, 4) is 11.6 Å². The third kappa shape index (κ3) is 4.37. The van der Waals surface area contributed by atoms with E-state index in [9.17, 15) is 14.0 Å². The van der Waals surface area contributed by atoms with Crippen LogP contribution in [0.1, 0.15) is 11.1 Å². The Morgan fingerprint density at radius 2 is 1.85 bits per heavy atom. The standard InChI is InChI=1S/C18H14F2N4O2/c19-15-2-1-14(10-16(15)20)26-17-9-13(5-8-22-17)18(24-25)23-11-12-3-6-21-7-4-12/h1-10,25H,11H2,(H,23,24). The molecule has 0 aliphatic rings. The molecule has 1 aromatic carbocycles. The summed E-state index contributed by atoms with van der Waals surface area (Å²) in [6.07, 6.45) is 4.75. The molecule has 2 heterocycles. The zero-order valence-electron chi connectivity index (χ0n) is 13.4. The Bertz CT molecular complexity index is 920. The number of aromatic nitrogens is 2. The molecule has 0 saturated carbocycles. The van der Waals surface area contributed by atoms with Gasteiger partial charge in [0.05, 0.1) is 6.54 Å². The molecule has 0 spiro atoms. The molecule has 8 heteroatoms. The fraction of sp³-hybridized carbons (Fsp3) is 0.0556. The van der Waals surface area contributed by atoms with Crippen LogP contribution in [0, 0.1) is 11.6 Å². The first-order valence-corrected chi connectivity index (χ1v) is 7.58. The van der Waals surface area contributed by atoms with Crippen molar-refractivity contribution < 1.29 is 18.7 Å². The van der Waals surface area contributed by atoms with Crippen molar-refractivity contribution in [3.05, 3.63) is 83.8 Å². The lowest BCUT2D eigenvalue weighted by atomic mass is 10.2. The van der Waals surface area contributed by atoms with E-state index in [4.69, 9.17) is 4.74 Å². The van der Waals surface area contributed by atoms with Gasteiger partial charge in [0.15, 0.2) is 17.5 Å². The van der Waals surface area contributed by atoms with Gasteiger partial charge in [-0.25, -0.2) is 13.8 Å². The molecule has 0 fully saturated rings. The molecule has 2 aromatic heterocycles. The van der Waals surface area contributed by atoms with Crippen molar-refractivity contribution in [1.29, 1.82) is 0 Å². The lowest BCUT2D eigenvalue weighted by Crippen LogP contribution is -2.20. The molecule has 26 heavy (non-hydrogen) atoms. The molecule has 0 aliphatic carbocycles. The van der Waals surface area contributed by atoms with E-state index in [2.05, 4.69) is 15.0 Å². The van der Waals surface area contributed by atoms with Crippen molar-refractivity contribution >= 4 is 5.84 Å². The minimum atomic E-state index is -1.02. The molecular formula is C18H14F2N4O2. The van der Waals surface area contributed by atoms with E-state index in [0.717, 1.165) is 17.7 Å². The van der Waals surface area contributed by atoms with Crippen molar-refractivity contribution in [2.75, 3.05) is 0 Å². The second-order valence-electron chi connectivity index (χ2n) is 5.19. The van der Waals surface area contributed by atoms with Crippen LogP contribution in [0.2, 0.25) is 0 Å². The van der Waals surface area contributed by atoms with Gasteiger partial charge in [-0.3, -0.25) is 20.7 Å². The largest absolute Gasteiger partial charge is 0.439 e. The summed E-state index contributed by atoms with van der Waals surface area (Å²) in [6.45, 7) is 0.326. The van der Waals surface area contributed by atoms with Crippen LogP contribution in [-0.4, -0.2) is 21.0 Å². The number of rotatable bonds is 5. The topological polar surface area (TPSA) is 79.6 Å². The predicted octanol–water partition coefficient (Wildman–Crippen LogP) is 3.47.